The molecule has 2 N–H and O–H groups in total. The molecule has 17 heavy (non-hydrogen) atoms. The minimum absolute atomic E-state index is 0.353. The molecule has 0 unspecified atom stereocenters. The quantitative estimate of drug-likeness (QED) is 0.841. The minimum atomic E-state index is 0.353. The van der Waals surface area contributed by atoms with Crippen molar-refractivity contribution in [2.75, 3.05) is 12.4 Å². The fourth-order valence-electron chi connectivity index (χ4n) is 1.51. The maximum Gasteiger partial charge on any atom is 0.197 e. The molecular formula is C11H14IN5. The van der Waals surface area contributed by atoms with Crippen molar-refractivity contribution in [1.29, 1.82) is 0 Å². The molecule has 6 heteroatoms. The van der Waals surface area contributed by atoms with Crippen LogP contribution in [0.1, 0.15) is 25.5 Å². The van der Waals surface area contributed by atoms with Crippen LogP contribution in [0.15, 0.2) is 12.4 Å². The van der Waals surface area contributed by atoms with Gasteiger partial charge in [-0.05, 0) is 28.5 Å². The first-order chi connectivity index (χ1) is 8.13. The molecule has 0 aromatic carbocycles. The van der Waals surface area contributed by atoms with Gasteiger partial charge >= 0.3 is 0 Å². The molecule has 5 nitrogen and oxygen atoms in total. The number of hydrogen-bond acceptors (Lipinski definition) is 4. The van der Waals surface area contributed by atoms with Crippen LogP contribution in [0.4, 0.5) is 5.82 Å². The molecule has 2 aromatic heterocycles. The Morgan fingerprint density at radius 1 is 1.35 bits per heavy atom. The van der Waals surface area contributed by atoms with Crippen LogP contribution < -0.4 is 5.32 Å². The van der Waals surface area contributed by atoms with E-state index in [-0.39, 0.29) is 0 Å². The van der Waals surface area contributed by atoms with E-state index in [1.165, 1.54) is 0 Å². The third-order valence-corrected chi connectivity index (χ3v) is 3.43. The van der Waals surface area contributed by atoms with E-state index in [1.807, 2.05) is 7.05 Å². The Balaban J connectivity index is 2.59. The van der Waals surface area contributed by atoms with Crippen molar-refractivity contribution >= 4 is 28.4 Å². The number of H-pyrrole nitrogens is 1. The van der Waals surface area contributed by atoms with Gasteiger partial charge in [0, 0.05) is 19.4 Å². The number of aromatic nitrogens is 4. The third kappa shape index (κ3) is 2.41. The highest BCUT2D eigenvalue weighted by Crippen LogP contribution is 2.26. The topological polar surface area (TPSA) is 66.5 Å². The summed E-state index contributed by atoms with van der Waals surface area (Å²) >= 11 is 2.27. The van der Waals surface area contributed by atoms with Crippen LogP contribution in [0, 0.1) is 3.57 Å². The maximum absolute atomic E-state index is 4.57. The highest BCUT2D eigenvalue weighted by molar-refractivity contribution is 14.1. The van der Waals surface area contributed by atoms with Crippen molar-refractivity contribution < 1.29 is 0 Å². The van der Waals surface area contributed by atoms with Crippen LogP contribution >= 0.6 is 22.6 Å². The maximum atomic E-state index is 4.57. The van der Waals surface area contributed by atoms with Gasteiger partial charge in [-0.25, -0.2) is 15.0 Å². The van der Waals surface area contributed by atoms with Crippen molar-refractivity contribution in [3.05, 3.63) is 21.7 Å². The first-order valence-electron chi connectivity index (χ1n) is 5.38. The summed E-state index contributed by atoms with van der Waals surface area (Å²) in [4.78, 5) is 16.2. The van der Waals surface area contributed by atoms with Crippen molar-refractivity contribution in [3.8, 4) is 11.6 Å². The molecule has 0 radical (unpaired) electrons. The standard InChI is InChI=1S/C11H14IN5/c1-6(2)8-7(12)9(13-3)17-11(16-8)10-14-4-5-15-10/h4-6H,1-3H3,(H,14,15)(H,13,16,17). The Labute approximate surface area is 114 Å². The van der Waals surface area contributed by atoms with Gasteiger partial charge < -0.3 is 10.3 Å². The second kappa shape index (κ2) is 4.99. The summed E-state index contributed by atoms with van der Waals surface area (Å²) in [5, 5.41) is 3.09. The molecule has 0 saturated heterocycles. The predicted octanol–water partition coefficient (Wildman–Crippen LogP) is 2.64. The van der Waals surface area contributed by atoms with Gasteiger partial charge in [0.1, 0.15) is 5.82 Å². The second-order valence-corrected chi connectivity index (χ2v) is 5.02. The fourth-order valence-corrected chi connectivity index (χ4v) is 2.64. The summed E-state index contributed by atoms with van der Waals surface area (Å²) < 4.78 is 1.07. The van der Waals surface area contributed by atoms with Crippen molar-refractivity contribution in [3.63, 3.8) is 0 Å². The van der Waals surface area contributed by atoms with Gasteiger partial charge in [-0.3, -0.25) is 0 Å². The van der Waals surface area contributed by atoms with Crippen molar-refractivity contribution in [1.82, 2.24) is 19.9 Å². The molecule has 0 atom stereocenters. The lowest BCUT2D eigenvalue weighted by atomic mass is 10.1. The molecule has 0 saturated carbocycles. The molecule has 0 aliphatic rings. The van der Waals surface area contributed by atoms with Gasteiger partial charge in [-0.15, -0.1) is 0 Å². The molecule has 0 spiro atoms. The van der Waals surface area contributed by atoms with Crippen LogP contribution in [0.2, 0.25) is 0 Å². The number of aromatic amines is 1. The summed E-state index contributed by atoms with van der Waals surface area (Å²) in [6.45, 7) is 4.24. The second-order valence-electron chi connectivity index (χ2n) is 3.94. The average molecular weight is 343 g/mol. The highest BCUT2D eigenvalue weighted by Gasteiger charge is 2.15. The Bertz CT molecular complexity index is 507. The Morgan fingerprint density at radius 3 is 2.65 bits per heavy atom. The van der Waals surface area contributed by atoms with E-state index in [1.54, 1.807) is 12.4 Å². The van der Waals surface area contributed by atoms with Crippen molar-refractivity contribution in [2.24, 2.45) is 0 Å². The van der Waals surface area contributed by atoms with E-state index in [2.05, 4.69) is 61.7 Å². The number of hydrogen-bond donors (Lipinski definition) is 2. The zero-order valence-electron chi connectivity index (χ0n) is 9.95. The lowest BCUT2D eigenvalue weighted by Crippen LogP contribution is -2.07. The van der Waals surface area contributed by atoms with E-state index in [0.29, 0.717) is 17.6 Å². The summed E-state index contributed by atoms with van der Waals surface area (Å²) in [5.41, 5.74) is 1.04. The number of nitrogens with one attached hydrogen (secondary N) is 2. The molecule has 0 aliphatic carbocycles. The highest BCUT2D eigenvalue weighted by atomic mass is 127. The number of rotatable bonds is 3. The number of anilines is 1. The van der Waals surface area contributed by atoms with E-state index >= 15 is 0 Å². The van der Waals surface area contributed by atoms with Crippen LogP contribution in [0.5, 0.6) is 0 Å². The van der Waals surface area contributed by atoms with Gasteiger partial charge in [-0.2, -0.15) is 0 Å². The lowest BCUT2D eigenvalue weighted by Gasteiger charge is -2.12. The van der Waals surface area contributed by atoms with Crippen molar-refractivity contribution in [2.45, 2.75) is 19.8 Å². The molecule has 0 aliphatic heterocycles. The normalized spacial score (nSPS) is 10.9. The molecule has 2 rings (SSSR count). The summed E-state index contributed by atoms with van der Waals surface area (Å²) in [6, 6.07) is 0. The zero-order valence-corrected chi connectivity index (χ0v) is 12.1. The first kappa shape index (κ1) is 12.3. The van der Waals surface area contributed by atoms with Crippen LogP contribution in [-0.4, -0.2) is 27.0 Å². The monoisotopic (exact) mass is 343 g/mol. The Morgan fingerprint density at radius 2 is 2.12 bits per heavy atom. The van der Waals surface area contributed by atoms with E-state index in [0.717, 1.165) is 15.1 Å². The molecule has 2 aromatic rings. The SMILES string of the molecule is CNc1nc(-c2ncc[nH]2)nc(C(C)C)c1I. The molecular weight excluding hydrogens is 329 g/mol. The van der Waals surface area contributed by atoms with E-state index in [9.17, 15) is 0 Å². The summed E-state index contributed by atoms with van der Waals surface area (Å²) in [5.74, 6) is 2.52. The number of halogens is 1. The smallest absolute Gasteiger partial charge is 0.197 e. The van der Waals surface area contributed by atoms with Gasteiger partial charge in [0.2, 0.25) is 0 Å². The van der Waals surface area contributed by atoms with Gasteiger partial charge in [0.05, 0.1) is 9.26 Å². The van der Waals surface area contributed by atoms with Gasteiger partial charge in [-0.1, -0.05) is 13.8 Å². The fraction of sp³-hybridized carbons (Fsp3) is 0.364. The lowest BCUT2D eigenvalue weighted by molar-refractivity contribution is 0.807. The molecule has 90 valence electrons. The van der Waals surface area contributed by atoms with Gasteiger partial charge in [0.25, 0.3) is 0 Å². The van der Waals surface area contributed by atoms with E-state index in [4.69, 9.17) is 0 Å². The minimum Gasteiger partial charge on any atom is -0.372 e. The molecule has 0 amide bonds. The summed E-state index contributed by atoms with van der Waals surface area (Å²) in [6.07, 6.45) is 3.47. The molecule has 0 bridgehead atoms. The number of imidazole rings is 1. The zero-order chi connectivity index (χ0) is 12.4. The van der Waals surface area contributed by atoms with Crippen LogP contribution in [-0.2, 0) is 0 Å². The van der Waals surface area contributed by atoms with E-state index < -0.39 is 0 Å². The largest absolute Gasteiger partial charge is 0.372 e. The molecule has 0 fully saturated rings. The predicted molar refractivity (Wildman–Crippen MR) is 76.0 cm³/mol. The third-order valence-electron chi connectivity index (χ3n) is 2.37. The summed E-state index contributed by atoms with van der Waals surface area (Å²) in [7, 11) is 1.86. The Kier molecular flexibility index (Phi) is 3.60. The van der Waals surface area contributed by atoms with Gasteiger partial charge in [0.15, 0.2) is 11.6 Å². The molecule has 2 heterocycles. The van der Waals surface area contributed by atoms with Crippen LogP contribution in [0.3, 0.4) is 0 Å². The first-order valence-corrected chi connectivity index (χ1v) is 6.46. The van der Waals surface area contributed by atoms with Crippen LogP contribution in [0.25, 0.3) is 11.6 Å². The number of nitrogens with zero attached hydrogens (tertiary/aromatic N) is 3. The Hall–Kier alpha value is -1.18. The average Bonchev–Trinajstić information content (AvgIpc) is 2.82.